The summed E-state index contributed by atoms with van der Waals surface area (Å²) in [6, 6.07) is -0.642. The van der Waals surface area contributed by atoms with Crippen LogP contribution in [0.4, 0.5) is 0 Å². The van der Waals surface area contributed by atoms with E-state index >= 15 is 0 Å². The molecule has 1 amide bonds. The Kier molecular flexibility index (Phi) is 3.43. The van der Waals surface area contributed by atoms with Gasteiger partial charge in [-0.15, -0.1) is 0 Å². The van der Waals surface area contributed by atoms with Crippen LogP contribution in [0.1, 0.15) is 25.7 Å². The molecule has 16 heavy (non-hydrogen) atoms. The largest absolute Gasteiger partial charge is 0.480 e. The van der Waals surface area contributed by atoms with Gasteiger partial charge in [-0.2, -0.15) is 0 Å². The van der Waals surface area contributed by atoms with Crippen LogP contribution in [0.5, 0.6) is 0 Å². The Morgan fingerprint density at radius 3 is 2.69 bits per heavy atom. The predicted octanol–water partition coefficient (Wildman–Crippen LogP) is 0.489. The maximum absolute atomic E-state index is 11.7. The minimum Gasteiger partial charge on any atom is -0.480 e. The summed E-state index contributed by atoms with van der Waals surface area (Å²) in [4.78, 5) is 24.0. The Balaban J connectivity index is 1.75. The molecule has 90 valence electrons. The molecule has 5 heteroatoms. The van der Waals surface area contributed by atoms with Gasteiger partial charge in [-0.1, -0.05) is 0 Å². The molecule has 0 spiro atoms. The van der Waals surface area contributed by atoms with Gasteiger partial charge in [-0.05, 0) is 31.6 Å². The lowest BCUT2D eigenvalue weighted by molar-refractivity contribution is -0.150. The van der Waals surface area contributed by atoms with Gasteiger partial charge in [-0.25, -0.2) is 4.79 Å². The Hall–Kier alpha value is -1.10. The molecule has 1 unspecified atom stereocenters. The van der Waals surface area contributed by atoms with Crippen molar-refractivity contribution in [3.8, 4) is 0 Å². The summed E-state index contributed by atoms with van der Waals surface area (Å²) < 4.78 is 5.28. The molecule has 2 aliphatic rings. The van der Waals surface area contributed by atoms with Crippen LogP contribution in [-0.2, 0) is 14.3 Å². The van der Waals surface area contributed by atoms with Gasteiger partial charge in [0.25, 0.3) is 0 Å². The van der Waals surface area contributed by atoms with E-state index < -0.39 is 12.0 Å². The first-order valence-corrected chi connectivity index (χ1v) is 5.78. The number of likely N-dealkylation sites (tertiary alicyclic amines) is 1. The average Bonchev–Trinajstić information content (AvgIpc) is 2.93. The van der Waals surface area contributed by atoms with Crippen molar-refractivity contribution in [3.05, 3.63) is 0 Å². The van der Waals surface area contributed by atoms with Crippen LogP contribution < -0.4 is 0 Å². The molecule has 1 N–H and O–H groups in total. The second-order valence-corrected chi connectivity index (χ2v) is 4.54. The molecule has 1 aliphatic carbocycles. The fraction of sp³-hybridized carbons (Fsp3) is 0.818. The van der Waals surface area contributed by atoms with E-state index in [2.05, 4.69) is 0 Å². The number of carbonyl (C=O) groups is 2. The summed E-state index contributed by atoms with van der Waals surface area (Å²) in [6.07, 6.45) is 3.71. The molecular weight excluding hydrogens is 210 g/mol. The summed E-state index contributed by atoms with van der Waals surface area (Å²) in [5.41, 5.74) is 0. The van der Waals surface area contributed by atoms with Gasteiger partial charge in [0.2, 0.25) is 5.91 Å². The van der Waals surface area contributed by atoms with Crippen LogP contribution in [0.15, 0.2) is 0 Å². The highest BCUT2D eigenvalue weighted by Crippen LogP contribution is 2.28. The molecule has 0 bridgehead atoms. The highest BCUT2D eigenvalue weighted by atomic mass is 16.5. The van der Waals surface area contributed by atoms with Gasteiger partial charge in [0.05, 0.1) is 6.61 Å². The fourth-order valence-corrected chi connectivity index (χ4v) is 2.00. The minimum absolute atomic E-state index is 0.0281. The molecule has 1 heterocycles. The maximum Gasteiger partial charge on any atom is 0.326 e. The number of carboxylic acids is 1. The Bertz CT molecular complexity index is 288. The van der Waals surface area contributed by atoms with Gasteiger partial charge in [-0.3, -0.25) is 4.79 Å². The minimum atomic E-state index is -0.909. The van der Waals surface area contributed by atoms with Crippen molar-refractivity contribution in [1.82, 2.24) is 4.90 Å². The van der Waals surface area contributed by atoms with Crippen LogP contribution in [0, 0.1) is 5.92 Å². The van der Waals surface area contributed by atoms with E-state index in [4.69, 9.17) is 9.84 Å². The van der Waals surface area contributed by atoms with Crippen molar-refractivity contribution >= 4 is 11.9 Å². The van der Waals surface area contributed by atoms with E-state index in [1.807, 2.05) is 0 Å². The zero-order chi connectivity index (χ0) is 11.5. The molecule has 5 nitrogen and oxygen atoms in total. The van der Waals surface area contributed by atoms with E-state index in [9.17, 15) is 9.59 Å². The van der Waals surface area contributed by atoms with Gasteiger partial charge in [0, 0.05) is 6.54 Å². The van der Waals surface area contributed by atoms with E-state index in [-0.39, 0.29) is 12.5 Å². The molecule has 2 rings (SSSR count). The van der Waals surface area contributed by atoms with Crippen molar-refractivity contribution in [1.29, 1.82) is 0 Å². The molecule has 0 radical (unpaired) electrons. The number of hydrogen-bond acceptors (Lipinski definition) is 3. The lowest BCUT2D eigenvalue weighted by atomic mass is 10.2. The van der Waals surface area contributed by atoms with E-state index in [1.54, 1.807) is 0 Å². The van der Waals surface area contributed by atoms with E-state index in [0.717, 1.165) is 6.42 Å². The number of carbonyl (C=O) groups excluding carboxylic acids is 1. The van der Waals surface area contributed by atoms with Gasteiger partial charge in [0.1, 0.15) is 12.6 Å². The molecule has 2 fully saturated rings. The predicted molar refractivity (Wildman–Crippen MR) is 55.9 cm³/mol. The molecule has 1 saturated heterocycles. The number of hydrogen-bond donors (Lipinski definition) is 1. The Morgan fingerprint density at radius 2 is 2.06 bits per heavy atom. The first-order chi connectivity index (χ1) is 7.68. The third kappa shape index (κ3) is 2.72. The number of ether oxygens (including phenoxy) is 1. The van der Waals surface area contributed by atoms with Crippen molar-refractivity contribution in [2.24, 2.45) is 5.92 Å². The van der Waals surface area contributed by atoms with E-state index in [1.165, 1.54) is 17.7 Å². The second kappa shape index (κ2) is 4.82. The number of amides is 1. The Morgan fingerprint density at radius 1 is 1.31 bits per heavy atom. The lowest BCUT2D eigenvalue weighted by Gasteiger charge is -2.21. The van der Waals surface area contributed by atoms with Gasteiger partial charge >= 0.3 is 5.97 Å². The zero-order valence-corrected chi connectivity index (χ0v) is 9.22. The summed E-state index contributed by atoms with van der Waals surface area (Å²) in [5, 5.41) is 8.92. The summed E-state index contributed by atoms with van der Waals surface area (Å²) >= 11 is 0. The molecule has 0 aromatic carbocycles. The smallest absolute Gasteiger partial charge is 0.326 e. The highest BCUT2D eigenvalue weighted by Gasteiger charge is 2.34. The van der Waals surface area contributed by atoms with Crippen LogP contribution in [0.2, 0.25) is 0 Å². The third-order valence-electron chi connectivity index (χ3n) is 3.13. The van der Waals surface area contributed by atoms with Gasteiger partial charge < -0.3 is 14.7 Å². The van der Waals surface area contributed by atoms with Crippen LogP contribution >= 0.6 is 0 Å². The number of nitrogens with zero attached hydrogens (tertiary/aromatic N) is 1. The SMILES string of the molecule is O=C(O)C1CCCN1C(=O)COCC1CC1. The molecular formula is C11H17NO4. The standard InChI is InChI=1S/C11H17NO4/c13-10(7-16-6-8-3-4-8)12-5-1-2-9(12)11(14)15/h8-9H,1-7H2,(H,14,15). The van der Waals surface area contributed by atoms with Crippen LogP contribution in [0.25, 0.3) is 0 Å². The summed E-state index contributed by atoms with van der Waals surface area (Å²) in [5.74, 6) is -0.472. The molecule has 1 aliphatic heterocycles. The Labute approximate surface area is 94.4 Å². The van der Waals surface area contributed by atoms with Crippen molar-refractivity contribution < 1.29 is 19.4 Å². The zero-order valence-electron chi connectivity index (χ0n) is 9.22. The molecule has 0 aromatic heterocycles. The molecule has 1 atom stereocenters. The fourth-order valence-electron chi connectivity index (χ4n) is 2.00. The van der Waals surface area contributed by atoms with E-state index in [0.29, 0.717) is 25.5 Å². The topological polar surface area (TPSA) is 66.8 Å². The van der Waals surface area contributed by atoms with Gasteiger partial charge in [0.15, 0.2) is 0 Å². The number of rotatable bonds is 5. The number of aliphatic carboxylic acids is 1. The van der Waals surface area contributed by atoms with Crippen LogP contribution in [0.3, 0.4) is 0 Å². The maximum atomic E-state index is 11.7. The third-order valence-corrected chi connectivity index (χ3v) is 3.13. The quantitative estimate of drug-likeness (QED) is 0.742. The number of carboxylic acid groups (broad SMARTS) is 1. The first-order valence-electron chi connectivity index (χ1n) is 5.78. The summed E-state index contributed by atoms with van der Waals surface area (Å²) in [7, 11) is 0. The van der Waals surface area contributed by atoms with Crippen molar-refractivity contribution in [2.45, 2.75) is 31.7 Å². The summed E-state index contributed by atoms with van der Waals surface area (Å²) in [6.45, 7) is 1.21. The average molecular weight is 227 g/mol. The van der Waals surface area contributed by atoms with Crippen LogP contribution in [-0.4, -0.2) is 47.7 Å². The molecule has 1 saturated carbocycles. The van der Waals surface area contributed by atoms with Crippen molar-refractivity contribution in [2.75, 3.05) is 19.8 Å². The normalized spacial score (nSPS) is 24.8. The van der Waals surface area contributed by atoms with Crippen molar-refractivity contribution in [3.63, 3.8) is 0 Å². The first kappa shape index (κ1) is 11.4. The molecule has 0 aromatic rings. The lowest BCUT2D eigenvalue weighted by Crippen LogP contribution is -2.42. The monoisotopic (exact) mass is 227 g/mol. The second-order valence-electron chi connectivity index (χ2n) is 4.54. The highest BCUT2D eigenvalue weighted by molar-refractivity contribution is 5.84.